The number of nitrogens with zero attached hydrogens (tertiary/aromatic N) is 4. The van der Waals surface area contributed by atoms with Gasteiger partial charge in [-0.2, -0.15) is 0 Å². The summed E-state index contributed by atoms with van der Waals surface area (Å²) < 4.78 is 31.0. The van der Waals surface area contributed by atoms with E-state index in [-0.39, 0.29) is 43.4 Å². The Hall–Kier alpha value is -2.66. The van der Waals surface area contributed by atoms with Crippen molar-refractivity contribution in [3.63, 3.8) is 0 Å². The number of nitrogens with two attached hydrogens (primary N) is 1. The van der Waals surface area contributed by atoms with Gasteiger partial charge in [-0.25, -0.2) is 23.7 Å². The van der Waals surface area contributed by atoms with E-state index in [0.717, 1.165) is 50.4 Å². The first-order valence-electron chi connectivity index (χ1n) is 11.6. The first-order valence-corrected chi connectivity index (χ1v) is 12.8. The number of hydrogen-bond acceptors (Lipinski definition) is 8. The number of rotatable bonds is 4. The van der Waals surface area contributed by atoms with Crippen molar-refractivity contribution in [2.45, 2.75) is 24.8 Å². The lowest BCUT2D eigenvalue weighted by Gasteiger charge is -2.31. The van der Waals surface area contributed by atoms with Crippen molar-refractivity contribution in [3.8, 4) is 11.1 Å². The standard InChI is InChI=1S/C24H24ClF2N7S/c1-34-6-4-11(5-7-34)22-31-19-14(23(33-22)30-12-9-29-10-12)8-15(25)17(18(19)27)13-2-3-16(26)21-20(13)32-24(28)35-21/h2-3,8,11-12,29H,4-7,9-10H2,1H3,(H2,28,32)(H,30,31,33). The highest BCUT2D eigenvalue weighted by Crippen LogP contribution is 2.42. The van der Waals surface area contributed by atoms with Crippen molar-refractivity contribution >= 4 is 55.0 Å². The fourth-order valence-electron chi connectivity index (χ4n) is 4.80. The zero-order valence-corrected chi connectivity index (χ0v) is 20.6. The van der Waals surface area contributed by atoms with Crippen LogP contribution in [0.4, 0.5) is 19.7 Å². The van der Waals surface area contributed by atoms with Crippen LogP contribution in [0.1, 0.15) is 24.6 Å². The molecule has 4 N–H and O–H groups in total. The van der Waals surface area contributed by atoms with Crippen LogP contribution in [-0.2, 0) is 0 Å². The zero-order chi connectivity index (χ0) is 24.3. The maximum atomic E-state index is 16.3. The molecule has 0 bridgehead atoms. The summed E-state index contributed by atoms with van der Waals surface area (Å²) in [7, 11) is 2.09. The van der Waals surface area contributed by atoms with E-state index in [1.54, 1.807) is 6.07 Å². The van der Waals surface area contributed by atoms with E-state index in [1.165, 1.54) is 12.1 Å². The maximum Gasteiger partial charge on any atom is 0.181 e. The number of anilines is 2. The average molecular weight is 516 g/mol. The van der Waals surface area contributed by atoms with Crippen LogP contribution in [0.15, 0.2) is 18.2 Å². The fraction of sp³-hybridized carbons (Fsp3) is 0.375. The van der Waals surface area contributed by atoms with Crippen LogP contribution in [0.5, 0.6) is 0 Å². The molecule has 2 aromatic heterocycles. The molecular formula is C24H24ClF2N7S. The van der Waals surface area contributed by atoms with Crippen molar-refractivity contribution in [1.29, 1.82) is 0 Å². The van der Waals surface area contributed by atoms with Crippen molar-refractivity contribution in [3.05, 3.63) is 40.7 Å². The number of aromatic nitrogens is 3. The molecule has 0 unspecified atom stereocenters. The molecule has 2 aliphatic rings. The number of piperidine rings is 1. The zero-order valence-electron chi connectivity index (χ0n) is 19.0. The number of fused-ring (bicyclic) bond motifs is 2. The van der Waals surface area contributed by atoms with Gasteiger partial charge < -0.3 is 21.3 Å². The summed E-state index contributed by atoms with van der Waals surface area (Å²) >= 11 is 7.68. The van der Waals surface area contributed by atoms with E-state index >= 15 is 4.39 Å². The highest BCUT2D eigenvalue weighted by atomic mass is 35.5. The molecule has 2 saturated heterocycles. The van der Waals surface area contributed by atoms with Crippen molar-refractivity contribution in [1.82, 2.24) is 25.2 Å². The first-order chi connectivity index (χ1) is 16.9. The van der Waals surface area contributed by atoms with E-state index in [9.17, 15) is 4.39 Å². The third-order valence-corrected chi connectivity index (χ3v) is 8.08. The fourth-order valence-corrected chi connectivity index (χ4v) is 5.85. The largest absolute Gasteiger partial charge is 0.375 e. The SMILES string of the molecule is CN1CCC(c2nc(NC3CNC3)c3cc(Cl)c(-c4ccc(F)c5sc(N)nc45)c(F)c3n2)CC1. The average Bonchev–Trinajstić information content (AvgIpc) is 3.21. The molecule has 4 aromatic rings. The summed E-state index contributed by atoms with van der Waals surface area (Å²) in [6.45, 7) is 3.49. The number of benzene rings is 2. The Morgan fingerprint density at radius 1 is 1.14 bits per heavy atom. The van der Waals surface area contributed by atoms with Gasteiger partial charge in [0.25, 0.3) is 0 Å². The molecule has 0 radical (unpaired) electrons. The Balaban J connectivity index is 1.56. The van der Waals surface area contributed by atoms with E-state index < -0.39 is 11.6 Å². The minimum atomic E-state index is -0.571. The van der Waals surface area contributed by atoms with Gasteiger partial charge in [-0.15, -0.1) is 0 Å². The van der Waals surface area contributed by atoms with Crippen LogP contribution in [0.2, 0.25) is 5.02 Å². The molecular weight excluding hydrogens is 492 g/mol. The third kappa shape index (κ3) is 3.98. The molecule has 0 spiro atoms. The maximum absolute atomic E-state index is 16.3. The van der Waals surface area contributed by atoms with Crippen LogP contribution < -0.4 is 16.4 Å². The number of thiazole rings is 1. The molecule has 0 aliphatic carbocycles. The quantitative estimate of drug-likeness (QED) is 0.365. The molecule has 0 atom stereocenters. The first kappa shape index (κ1) is 22.8. The van der Waals surface area contributed by atoms with E-state index in [1.807, 2.05) is 0 Å². The third-order valence-electron chi connectivity index (χ3n) is 6.89. The summed E-state index contributed by atoms with van der Waals surface area (Å²) in [6.07, 6.45) is 1.82. The molecule has 2 aromatic carbocycles. The van der Waals surface area contributed by atoms with Gasteiger partial charge >= 0.3 is 0 Å². The molecule has 35 heavy (non-hydrogen) atoms. The van der Waals surface area contributed by atoms with Crippen LogP contribution >= 0.6 is 22.9 Å². The summed E-state index contributed by atoms with van der Waals surface area (Å²) in [5.74, 6) is 0.339. The molecule has 182 valence electrons. The normalized spacial score (nSPS) is 17.8. The lowest BCUT2D eigenvalue weighted by atomic mass is 9.95. The molecule has 2 aliphatic heterocycles. The summed E-state index contributed by atoms with van der Waals surface area (Å²) in [4.78, 5) is 16.1. The predicted octanol–water partition coefficient (Wildman–Crippen LogP) is 4.61. The van der Waals surface area contributed by atoms with E-state index in [0.29, 0.717) is 22.6 Å². The Kier molecular flexibility index (Phi) is 5.71. The molecule has 0 saturated carbocycles. The lowest BCUT2D eigenvalue weighted by Crippen LogP contribution is -2.51. The smallest absolute Gasteiger partial charge is 0.181 e. The molecule has 7 nitrogen and oxygen atoms in total. The number of halogens is 3. The topological polar surface area (TPSA) is 92.0 Å². The van der Waals surface area contributed by atoms with Crippen molar-refractivity contribution in [2.24, 2.45) is 0 Å². The second kappa shape index (κ2) is 8.77. The van der Waals surface area contributed by atoms with Crippen LogP contribution in [0.3, 0.4) is 0 Å². The molecule has 0 amide bonds. The van der Waals surface area contributed by atoms with Crippen LogP contribution in [0.25, 0.3) is 32.2 Å². The predicted molar refractivity (Wildman–Crippen MR) is 137 cm³/mol. The second-order valence-electron chi connectivity index (χ2n) is 9.28. The number of likely N-dealkylation sites (tertiary alicyclic amines) is 1. The summed E-state index contributed by atoms with van der Waals surface area (Å²) in [5, 5.41) is 7.58. The number of nitrogens with one attached hydrogen (secondary N) is 2. The monoisotopic (exact) mass is 515 g/mol. The molecule has 4 heterocycles. The molecule has 11 heteroatoms. The number of hydrogen-bond donors (Lipinski definition) is 3. The molecule has 6 rings (SSSR count). The van der Waals surface area contributed by atoms with Crippen LogP contribution in [0, 0.1) is 11.6 Å². The van der Waals surface area contributed by atoms with E-state index in [4.69, 9.17) is 27.3 Å². The van der Waals surface area contributed by atoms with E-state index in [2.05, 4.69) is 27.6 Å². The van der Waals surface area contributed by atoms with Gasteiger partial charge in [-0.1, -0.05) is 22.9 Å². The van der Waals surface area contributed by atoms with Gasteiger partial charge in [0.2, 0.25) is 0 Å². The Morgan fingerprint density at radius 2 is 1.91 bits per heavy atom. The van der Waals surface area contributed by atoms with Crippen molar-refractivity contribution in [2.75, 3.05) is 44.3 Å². The van der Waals surface area contributed by atoms with Gasteiger partial charge in [0, 0.05) is 35.5 Å². The Bertz CT molecular complexity index is 1450. The lowest BCUT2D eigenvalue weighted by molar-refractivity contribution is 0.251. The number of nitrogen functional groups attached to an aromatic ring is 1. The summed E-state index contributed by atoms with van der Waals surface area (Å²) in [5.41, 5.74) is 6.86. The van der Waals surface area contributed by atoms with Gasteiger partial charge in [0.15, 0.2) is 10.9 Å². The van der Waals surface area contributed by atoms with Crippen molar-refractivity contribution < 1.29 is 8.78 Å². The van der Waals surface area contributed by atoms with Gasteiger partial charge in [0.1, 0.15) is 23.0 Å². The van der Waals surface area contributed by atoms with Gasteiger partial charge in [-0.05, 0) is 51.2 Å². The van der Waals surface area contributed by atoms with Gasteiger partial charge in [-0.3, -0.25) is 0 Å². The second-order valence-corrected chi connectivity index (χ2v) is 10.7. The highest BCUT2D eigenvalue weighted by Gasteiger charge is 2.27. The highest BCUT2D eigenvalue weighted by molar-refractivity contribution is 7.22. The Morgan fingerprint density at radius 3 is 2.63 bits per heavy atom. The van der Waals surface area contributed by atoms with Crippen LogP contribution in [-0.4, -0.2) is 59.1 Å². The molecule has 2 fully saturated rings. The Labute approximate surface area is 209 Å². The minimum Gasteiger partial charge on any atom is -0.375 e. The summed E-state index contributed by atoms with van der Waals surface area (Å²) in [6, 6.07) is 4.67. The van der Waals surface area contributed by atoms with Gasteiger partial charge in [0.05, 0.1) is 21.3 Å². The minimum absolute atomic E-state index is 0.138.